The smallest absolute Gasteiger partial charge is 0.409 e. The number of hydrogen-bond donors (Lipinski definition) is 4. The second kappa shape index (κ2) is 24.5. The van der Waals surface area contributed by atoms with Crippen molar-refractivity contribution in [3.05, 3.63) is 56.5 Å². The number of esters is 1. The summed E-state index contributed by atoms with van der Waals surface area (Å²) >= 11 is 11.0. The molecule has 4 amide bonds. The number of carbonyl (C=O) groups excluding carboxylic acids is 5. The molecule has 0 saturated carbocycles. The summed E-state index contributed by atoms with van der Waals surface area (Å²) in [5.41, 5.74) is -0.953. The fourth-order valence-electron chi connectivity index (χ4n) is 9.05. The van der Waals surface area contributed by atoms with Gasteiger partial charge in [0.25, 0.3) is 5.56 Å². The molecule has 7 atom stereocenters. The number of amides is 4. The number of likely N-dealkylation sites (N-methyl/N-ethyl adjacent to an activating group) is 1. The number of benzene rings is 1. The molecular formula is C47H69ClN6O14S. The number of alkyl carbamates (subject to hydrolysis) is 1. The van der Waals surface area contributed by atoms with Gasteiger partial charge in [0, 0.05) is 59.5 Å². The number of aromatic nitrogens is 2. The van der Waals surface area contributed by atoms with Gasteiger partial charge in [0.15, 0.2) is 5.72 Å². The van der Waals surface area contributed by atoms with Crippen molar-refractivity contribution in [1.82, 2.24) is 25.3 Å². The summed E-state index contributed by atoms with van der Waals surface area (Å²) < 4.78 is 48.6. The van der Waals surface area contributed by atoms with Crippen molar-refractivity contribution in [2.24, 2.45) is 0 Å². The van der Waals surface area contributed by atoms with Crippen LogP contribution in [0, 0.1) is 0 Å². The van der Waals surface area contributed by atoms with Gasteiger partial charge in [-0.1, -0.05) is 23.3 Å². The summed E-state index contributed by atoms with van der Waals surface area (Å²) in [6, 6.07) is 4.01. The highest BCUT2D eigenvalue weighted by Gasteiger charge is 2.64. The summed E-state index contributed by atoms with van der Waals surface area (Å²) in [6.45, 7) is 7.72. The fraction of sp³-hybridized carbons (Fsp3) is 0.660. The lowest BCUT2D eigenvalue weighted by atomic mass is 9.72. The van der Waals surface area contributed by atoms with E-state index in [0.717, 1.165) is 11.1 Å². The minimum atomic E-state index is -1.27. The van der Waals surface area contributed by atoms with E-state index in [1.54, 1.807) is 28.0 Å². The molecule has 0 aliphatic carbocycles. The van der Waals surface area contributed by atoms with Crippen LogP contribution in [0.25, 0.3) is 0 Å². The average molecular weight is 1010 g/mol. The van der Waals surface area contributed by atoms with Gasteiger partial charge in [-0.3, -0.25) is 29.6 Å². The first-order valence-corrected chi connectivity index (χ1v) is 24.1. The van der Waals surface area contributed by atoms with Crippen LogP contribution in [0.1, 0.15) is 77.5 Å². The van der Waals surface area contributed by atoms with Crippen LogP contribution in [0.4, 0.5) is 10.5 Å². The highest BCUT2D eigenvalue weighted by molar-refractivity contribution is 7.80. The van der Waals surface area contributed by atoms with Crippen molar-refractivity contribution >= 4 is 59.7 Å². The third kappa shape index (κ3) is 13.8. The van der Waals surface area contributed by atoms with Crippen molar-refractivity contribution in [1.29, 1.82) is 0 Å². The molecule has 1 aromatic carbocycles. The molecule has 0 radical (unpaired) electrons. The van der Waals surface area contributed by atoms with E-state index >= 15 is 0 Å². The maximum Gasteiger partial charge on any atom is 0.409 e. The Bertz CT molecular complexity index is 2230. The van der Waals surface area contributed by atoms with Crippen LogP contribution < -0.4 is 25.8 Å². The zero-order valence-electron chi connectivity index (χ0n) is 41.1. The lowest BCUT2D eigenvalue weighted by molar-refractivity contribution is -0.330. The van der Waals surface area contributed by atoms with E-state index in [9.17, 15) is 28.8 Å². The number of hydrogen-bond acceptors (Lipinski definition) is 15. The molecule has 4 aliphatic heterocycles. The fourth-order valence-corrected chi connectivity index (χ4v) is 9.60. The maximum atomic E-state index is 14.3. The highest BCUT2D eigenvalue weighted by atomic mass is 35.5. The Morgan fingerprint density at radius 3 is 2.42 bits per heavy atom. The molecule has 1 aromatic heterocycles. The molecule has 3 N–H and O–H groups in total. The summed E-state index contributed by atoms with van der Waals surface area (Å²) in [5.74, 6) is -1.02. The molecule has 6 bridgehead atoms. The number of H-pyrrole nitrogens is 1. The Morgan fingerprint density at radius 2 is 1.75 bits per heavy atom. The van der Waals surface area contributed by atoms with Gasteiger partial charge in [0.1, 0.15) is 52.9 Å². The van der Waals surface area contributed by atoms with Crippen LogP contribution in [0.2, 0.25) is 5.02 Å². The number of methoxy groups -OCH3 is 3. The van der Waals surface area contributed by atoms with Crippen LogP contribution in [0.15, 0.2) is 34.6 Å². The summed E-state index contributed by atoms with van der Waals surface area (Å²) in [5, 5.41) is 8.66. The van der Waals surface area contributed by atoms with Gasteiger partial charge in [-0.05, 0) is 76.8 Å². The van der Waals surface area contributed by atoms with E-state index in [4.69, 9.17) is 49.5 Å². The zero-order chi connectivity index (χ0) is 50.7. The summed E-state index contributed by atoms with van der Waals surface area (Å²) in [6.07, 6.45) is 0.968. The third-order valence-corrected chi connectivity index (χ3v) is 13.7. The number of nitrogens with one attached hydrogen (secondary N) is 3. The highest BCUT2D eigenvalue weighted by Crippen LogP contribution is 2.51. The van der Waals surface area contributed by atoms with Crippen LogP contribution in [-0.2, 0) is 71.7 Å². The van der Waals surface area contributed by atoms with E-state index in [-0.39, 0.29) is 81.7 Å². The Hall–Kier alpha value is -4.64. The van der Waals surface area contributed by atoms with Crippen molar-refractivity contribution in [3.63, 3.8) is 0 Å². The number of halogens is 1. The Balaban J connectivity index is 1.22. The van der Waals surface area contributed by atoms with Crippen molar-refractivity contribution < 1.29 is 61.9 Å². The number of fused-ring (bicyclic) bond motifs is 7. The molecule has 2 aromatic rings. The molecule has 22 heteroatoms. The number of aryl methyl sites for hydroxylation is 1. The number of thiol groups is 1. The summed E-state index contributed by atoms with van der Waals surface area (Å²) in [7, 11) is 7.62. The molecule has 2 saturated heterocycles. The molecule has 7 unspecified atom stereocenters. The van der Waals surface area contributed by atoms with E-state index in [1.807, 2.05) is 19.1 Å². The van der Waals surface area contributed by atoms with Gasteiger partial charge in [-0.25, -0.2) is 14.3 Å². The Morgan fingerprint density at radius 1 is 1.04 bits per heavy atom. The predicted molar refractivity (Wildman–Crippen MR) is 258 cm³/mol. The van der Waals surface area contributed by atoms with Gasteiger partial charge < -0.3 is 53.0 Å². The molecule has 384 valence electrons. The second-order valence-corrected chi connectivity index (χ2v) is 19.0. The lowest BCUT2D eigenvalue weighted by Crippen LogP contribution is -2.73. The maximum absolute atomic E-state index is 14.3. The number of carbonyl (C=O) groups is 5. The van der Waals surface area contributed by atoms with Gasteiger partial charge >= 0.3 is 12.1 Å². The van der Waals surface area contributed by atoms with Gasteiger partial charge in [-0.2, -0.15) is 12.6 Å². The van der Waals surface area contributed by atoms with E-state index in [2.05, 4.69) is 34.4 Å². The van der Waals surface area contributed by atoms with E-state index < -0.39 is 65.2 Å². The molecule has 4 aliphatic rings. The number of rotatable bonds is 19. The van der Waals surface area contributed by atoms with Gasteiger partial charge in [-0.15, -0.1) is 0 Å². The minimum Gasteiger partial charge on any atom is -0.495 e. The molecular weight excluding hydrogens is 940 g/mol. The largest absolute Gasteiger partial charge is 0.495 e. The minimum absolute atomic E-state index is 0.0419. The molecule has 6 rings (SSSR count). The van der Waals surface area contributed by atoms with Crippen LogP contribution >= 0.6 is 24.2 Å². The average Bonchev–Trinajstić information content (AvgIpc) is 3.64. The van der Waals surface area contributed by atoms with E-state index in [0.29, 0.717) is 48.6 Å². The van der Waals surface area contributed by atoms with Gasteiger partial charge in [0.05, 0.1) is 52.1 Å². The molecule has 69 heavy (non-hydrogen) atoms. The zero-order valence-corrected chi connectivity index (χ0v) is 42.8. The van der Waals surface area contributed by atoms with Crippen molar-refractivity contribution in [2.75, 3.05) is 79.0 Å². The number of ether oxygens (including phenoxy) is 8. The number of allylic oxidation sites excluding steroid dienone is 2. The van der Waals surface area contributed by atoms with E-state index in [1.165, 1.54) is 48.7 Å². The van der Waals surface area contributed by atoms with Crippen LogP contribution in [0.3, 0.4) is 0 Å². The normalized spacial score (nSPS) is 25.6. The molecule has 2 fully saturated rings. The quantitative estimate of drug-likeness (QED) is 0.0681. The first kappa shape index (κ1) is 55.3. The van der Waals surface area contributed by atoms with Crippen LogP contribution in [-0.4, -0.2) is 160 Å². The number of anilines is 1. The molecule has 5 heterocycles. The standard InChI is InChI=1S/C47H69ClN6O14S/c1-29-11-10-12-35(62-8)47(63-9)26-37(67-44(60)50-47)46(4)28-45(3,68-46)36(25-40(57)53(6)33-22-31(21-29)23-34(61-7)42(33)48)66-43(59)30(2)52(5)39(56)13-16-64-18-19-65-17-15-49-38(55)27-54-41(58)24-32(51-54)14-20-69/h11,22-24,30,35-37,51,69H,10,12-21,25-28H2,1-9H3,(H,49,55)(H,50,60). The summed E-state index contributed by atoms with van der Waals surface area (Å²) in [4.78, 5) is 81.8. The molecule has 0 spiro atoms. The van der Waals surface area contributed by atoms with Crippen molar-refractivity contribution in [3.8, 4) is 5.75 Å². The van der Waals surface area contributed by atoms with Crippen LogP contribution in [0.5, 0.6) is 5.75 Å². The SMILES string of the molecule is COc1cc2cc(c1Cl)N(C)C(=O)CC(OC(=O)C(C)N(C)C(=O)CCOCCOCCNC(=O)Cn1[nH]c(CCS)cc1=O)C1(C)CC(C)(O1)C1CC(OC)(NC(=O)O1)C(OC)CCC=C(C)C2. The van der Waals surface area contributed by atoms with Gasteiger partial charge in [0.2, 0.25) is 17.7 Å². The lowest BCUT2D eigenvalue weighted by Gasteiger charge is -2.59. The molecule has 20 nitrogen and oxygen atoms in total. The Kier molecular flexibility index (Phi) is 19.6. The topological polar surface area (TPSA) is 228 Å². The number of aromatic amines is 1. The second-order valence-electron chi connectivity index (χ2n) is 18.1. The predicted octanol–water partition coefficient (Wildman–Crippen LogP) is 3.74. The number of nitrogens with zero attached hydrogens (tertiary/aromatic N) is 3. The third-order valence-electron chi connectivity index (χ3n) is 13.1. The monoisotopic (exact) mass is 1010 g/mol. The Labute approximate surface area is 413 Å². The first-order chi connectivity index (χ1) is 32.7. The first-order valence-electron chi connectivity index (χ1n) is 23.0. The van der Waals surface area contributed by atoms with Crippen molar-refractivity contribution in [2.45, 2.75) is 127 Å².